The van der Waals surface area contributed by atoms with E-state index in [-0.39, 0.29) is 11.7 Å². The van der Waals surface area contributed by atoms with Gasteiger partial charge in [0.25, 0.3) is 0 Å². The number of rotatable bonds is 5. The fourth-order valence-corrected chi connectivity index (χ4v) is 4.31. The van der Waals surface area contributed by atoms with Crippen LogP contribution in [0.15, 0.2) is 36.5 Å². The van der Waals surface area contributed by atoms with Gasteiger partial charge in [-0.05, 0) is 25.8 Å². The van der Waals surface area contributed by atoms with Gasteiger partial charge in [-0.15, -0.1) is 0 Å². The number of benzene rings is 1. The summed E-state index contributed by atoms with van der Waals surface area (Å²) in [5.41, 5.74) is 2.34. The van der Waals surface area contributed by atoms with Crippen LogP contribution in [-0.2, 0) is 16.6 Å². The summed E-state index contributed by atoms with van der Waals surface area (Å²) in [7, 11) is -3.11. The normalized spacial score (nSPS) is 19.3. The minimum atomic E-state index is -3.11. The summed E-state index contributed by atoms with van der Waals surface area (Å²) >= 11 is 0. The van der Waals surface area contributed by atoms with E-state index in [1.807, 2.05) is 24.4 Å². The van der Waals surface area contributed by atoms with Crippen LogP contribution in [0.4, 0.5) is 0 Å². The first-order valence-electron chi connectivity index (χ1n) is 8.05. The lowest BCUT2D eigenvalue weighted by molar-refractivity contribution is 0.470. The second kappa shape index (κ2) is 6.45. The first-order chi connectivity index (χ1) is 11.0. The molecule has 1 atom stereocenters. The SMILES string of the molecule is CCS(=O)(=O)N1CCC(c2ncc(C)n2Cc2ccccc2)C1. The van der Waals surface area contributed by atoms with Crippen LogP contribution in [0.25, 0.3) is 0 Å². The van der Waals surface area contributed by atoms with Crippen LogP contribution in [0.5, 0.6) is 0 Å². The molecule has 3 rings (SSSR count). The summed E-state index contributed by atoms with van der Waals surface area (Å²) in [6.45, 7) is 5.66. The standard InChI is InChI=1S/C17H23N3O2S/c1-3-23(21,22)19-10-9-16(13-19)17-18-11-14(2)20(17)12-15-7-5-4-6-8-15/h4-8,11,16H,3,9-10,12-13H2,1-2H3. The molecule has 2 heterocycles. The maximum absolute atomic E-state index is 12.1. The van der Waals surface area contributed by atoms with Crippen LogP contribution in [0.3, 0.4) is 0 Å². The van der Waals surface area contributed by atoms with E-state index >= 15 is 0 Å². The fraction of sp³-hybridized carbons (Fsp3) is 0.471. The number of hydrogen-bond acceptors (Lipinski definition) is 3. The number of aryl methyl sites for hydroxylation is 1. The fourth-order valence-electron chi connectivity index (χ4n) is 3.15. The van der Waals surface area contributed by atoms with Gasteiger partial charge in [0, 0.05) is 37.4 Å². The Hall–Kier alpha value is -1.66. The summed E-state index contributed by atoms with van der Waals surface area (Å²) < 4.78 is 27.9. The summed E-state index contributed by atoms with van der Waals surface area (Å²) in [4.78, 5) is 4.58. The van der Waals surface area contributed by atoms with E-state index in [0.717, 1.165) is 24.5 Å². The van der Waals surface area contributed by atoms with E-state index < -0.39 is 10.0 Å². The van der Waals surface area contributed by atoms with Gasteiger partial charge in [-0.25, -0.2) is 17.7 Å². The van der Waals surface area contributed by atoms with E-state index in [0.29, 0.717) is 13.1 Å². The van der Waals surface area contributed by atoms with Crippen molar-refractivity contribution in [2.24, 2.45) is 0 Å². The van der Waals surface area contributed by atoms with E-state index in [1.165, 1.54) is 5.56 Å². The molecule has 0 N–H and O–H groups in total. The Morgan fingerprint density at radius 3 is 2.70 bits per heavy atom. The van der Waals surface area contributed by atoms with E-state index in [2.05, 4.69) is 28.6 Å². The lowest BCUT2D eigenvalue weighted by Gasteiger charge is -2.17. The molecule has 0 amide bonds. The van der Waals surface area contributed by atoms with Crippen LogP contribution in [-0.4, -0.2) is 41.1 Å². The van der Waals surface area contributed by atoms with Crippen LogP contribution in [0.2, 0.25) is 0 Å². The van der Waals surface area contributed by atoms with Gasteiger partial charge in [0.2, 0.25) is 10.0 Å². The predicted octanol–water partition coefficient (Wildman–Crippen LogP) is 2.38. The quantitative estimate of drug-likeness (QED) is 0.844. The number of aromatic nitrogens is 2. The second-order valence-electron chi connectivity index (χ2n) is 6.07. The summed E-state index contributed by atoms with van der Waals surface area (Å²) in [6.07, 6.45) is 2.72. The summed E-state index contributed by atoms with van der Waals surface area (Å²) in [5, 5.41) is 0. The van der Waals surface area contributed by atoms with Crippen LogP contribution >= 0.6 is 0 Å². The van der Waals surface area contributed by atoms with Crippen LogP contribution in [0, 0.1) is 6.92 Å². The van der Waals surface area contributed by atoms with Crippen molar-refractivity contribution in [3.05, 3.63) is 53.6 Å². The van der Waals surface area contributed by atoms with Crippen molar-refractivity contribution in [3.8, 4) is 0 Å². The van der Waals surface area contributed by atoms with Crippen molar-refractivity contribution in [3.63, 3.8) is 0 Å². The van der Waals surface area contributed by atoms with Crippen molar-refractivity contribution in [1.29, 1.82) is 0 Å². The van der Waals surface area contributed by atoms with Gasteiger partial charge < -0.3 is 4.57 Å². The molecule has 1 unspecified atom stereocenters. The zero-order valence-corrected chi connectivity index (χ0v) is 14.5. The Morgan fingerprint density at radius 1 is 1.26 bits per heavy atom. The first kappa shape index (κ1) is 16.2. The monoisotopic (exact) mass is 333 g/mol. The largest absolute Gasteiger partial charge is 0.328 e. The highest BCUT2D eigenvalue weighted by Gasteiger charge is 2.33. The Morgan fingerprint density at radius 2 is 2.00 bits per heavy atom. The number of sulfonamides is 1. The topological polar surface area (TPSA) is 55.2 Å². The van der Waals surface area contributed by atoms with Gasteiger partial charge in [0.15, 0.2) is 0 Å². The van der Waals surface area contributed by atoms with E-state index in [9.17, 15) is 8.42 Å². The highest BCUT2D eigenvalue weighted by Crippen LogP contribution is 2.29. The third-order valence-electron chi connectivity index (χ3n) is 4.54. The molecule has 0 radical (unpaired) electrons. The maximum atomic E-state index is 12.1. The minimum absolute atomic E-state index is 0.164. The van der Waals surface area contributed by atoms with Crippen LogP contribution in [0.1, 0.15) is 36.3 Å². The molecule has 1 aliphatic heterocycles. The zero-order chi connectivity index (χ0) is 16.4. The Kier molecular flexibility index (Phi) is 4.55. The Bertz CT molecular complexity index is 768. The van der Waals surface area contributed by atoms with Gasteiger partial charge in [-0.1, -0.05) is 30.3 Å². The van der Waals surface area contributed by atoms with Crippen molar-refractivity contribution in [2.45, 2.75) is 32.7 Å². The summed E-state index contributed by atoms with van der Waals surface area (Å²) in [6, 6.07) is 10.3. The molecule has 0 aliphatic carbocycles. The maximum Gasteiger partial charge on any atom is 0.213 e. The molecular weight excluding hydrogens is 310 g/mol. The number of imidazole rings is 1. The van der Waals surface area contributed by atoms with Crippen molar-refractivity contribution in [2.75, 3.05) is 18.8 Å². The van der Waals surface area contributed by atoms with E-state index in [1.54, 1.807) is 11.2 Å². The van der Waals surface area contributed by atoms with Crippen molar-refractivity contribution >= 4 is 10.0 Å². The highest BCUT2D eigenvalue weighted by atomic mass is 32.2. The molecule has 5 nitrogen and oxygen atoms in total. The lowest BCUT2D eigenvalue weighted by atomic mass is 10.1. The molecule has 0 saturated carbocycles. The molecule has 0 bridgehead atoms. The van der Waals surface area contributed by atoms with Gasteiger partial charge in [0.1, 0.15) is 5.82 Å². The van der Waals surface area contributed by atoms with Gasteiger partial charge in [0.05, 0.1) is 5.75 Å². The van der Waals surface area contributed by atoms with Crippen molar-refractivity contribution < 1.29 is 8.42 Å². The third-order valence-corrected chi connectivity index (χ3v) is 6.39. The Labute approximate surface area is 138 Å². The molecule has 1 fully saturated rings. The van der Waals surface area contributed by atoms with E-state index in [4.69, 9.17) is 0 Å². The average molecular weight is 333 g/mol. The molecule has 1 aromatic heterocycles. The molecule has 0 spiro atoms. The molecule has 2 aromatic rings. The van der Waals surface area contributed by atoms with Gasteiger partial charge >= 0.3 is 0 Å². The van der Waals surface area contributed by atoms with Crippen molar-refractivity contribution in [1.82, 2.24) is 13.9 Å². The molecule has 1 aromatic carbocycles. The molecule has 124 valence electrons. The zero-order valence-electron chi connectivity index (χ0n) is 13.6. The Balaban J connectivity index is 1.82. The van der Waals surface area contributed by atoms with Crippen LogP contribution < -0.4 is 0 Å². The number of nitrogens with zero attached hydrogens (tertiary/aromatic N) is 3. The smallest absolute Gasteiger partial charge is 0.213 e. The average Bonchev–Trinajstić information content (AvgIpc) is 3.17. The first-order valence-corrected chi connectivity index (χ1v) is 9.66. The third kappa shape index (κ3) is 3.33. The highest BCUT2D eigenvalue weighted by molar-refractivity contribution is 7.89. The molecule has 1 saturated heterocycles. The molecule has 6 heteroatoms. The molecular formula is C17H23N3O2S. The lowest BCUT2D eigenvalue weighted by Crippen LogP contribution is -2.30. The molecule has 23 heavy (non-hydrogen) atoms. The molecule has 1 aliphatic rings. The van der Waals surface area contributed by atoms with Gasteiger partial charge in [-0.3, -0.25) is 0 Å². The van der Waals surface area contributed by atoms with Gasteiger partial charge in [-0.2, -0.15) is 0 Å². The second-order valence-corrected chi connectivity index (χ2v) is 8.33. The summed E-state index contributed by atoms with van der Waals surface area (Å²) in [5.74, 6) is 1.34. The predicted molar refractivity (Wildman–Crippen MR) is 90.9 cm³/mol. The minimum Gasteiger partial charge on any atom is -0.328 e. The number of hydrogen-bond donors (Lipinski definition) is 0.